The second kappa shape index (κ2) is 9.98. The number of carbonyl (C=O) groups excluding carboxylic acids is 2. The van der Waals surface area contributed by atoms with Crippen LogP contribution >= 0.6 is 11.6 Å². The van der Waals surface area contributed by atoms with E-state index in [4.69, 9.17) is 11.6 Å². The molecular formula is C29H35ClF3N5O3. The van der Waals surface area contributed by atoms with Crippen molar-refractivity contribution in [2.75, 3.05) is 38.5 Å². The van der Waals surface area contributed by atoms with Gasteiger partial charge in [0.1, 0.15) is 17.1 Å². The highest BCUT2D eigenvalue weighted by atomic mass is 35.5. The average molecular weight is 594 g/mol. The molecule has 4 aliphatic rings. The maximum atomic E-state index is 15.7. The van der Waals surface area contributed by atoms with Crippen LogP contribution in [0.25, 0.3) is 0 Å². The van der Waals surface area contributed by atoms with Gasteiger partial charge < -0.3 is 24.8 Å². The van der Waals surface area contributed by atoms with Crippen LogP contribution in [-0.2, 0) is 11.8 Å². The lowest BCUT2D eigenvalue weighted by molar-refractivity contribution is -0.204. The van der Waals surface area contributed by atoms with Crippen molar-refractivity contribution in [1.82, 2.24) is 19.4 Å². The Morgan fingerprint density at radius 3 is 2.34 bits per heavy atom. The van der Waals surface area contributed by atoms with Crippen molar-refractivity contribution in [3.05, 3.63) is 46.8 Å². The van der Waals surface area contributed by atoms with Crippen LogP contribution in [-0.4, -0.2) is 81.0 Å². The Morgan fingerprint density at radius 2 is 1.76 bits per heavy atom. The van der Waals surface area contributed by atoms with E-state index in [-0.39, 0.29) is 41.0 Å². The topological polar surface area (TPSA) is 90.7 Å². The van der Waals surface area contributed by atoms with Gasteiger partial charge in [-0.25, -0.2) is 9.37 Å². The predicted octanol–water partition coefficient (Wildman–Crippen LogP) is 4.29. The van der Waals surface area contributed by atoms with Gasteiger partial charge in [0.15, 0.2) is 0 Å². The summed E-state index contributed by atoms with van der Waals surface area (Å²) in [6.07, 6.45) is 3.57. The number of hydrogen-bond donors (Lipinski definition) is 2. The number of nitrogens with zero attached hydrogens (tertiary/aromatic N) is 4. The summed E-state index contributed by atoms with van der Waals surface area (Å²) in [6.45, 7) is 2.45. The fourth-order valence-corrected chi connectivity index (χ4v) is 8.11. The lowest BCUT2D eigenvalue weighted by Crippen LogP contribution is -2.62. The van der Waals surface area contributed by atoms with Gasteiger partial charge in [0, 0.05) is 44.8 Å². The van der Waals surface area contributed by atoms with Crippen LogP contribution in [0.15, 0.2) is 24.5 Å². The zero-order valence-electron chi connectivity index (χ0n) is 23.2. The highest BCUT2D eigenvalue weighted by Gasteiger charge is 2.65. The highest BCUT2D eigenvalue weighted by Crippen LogP contribution is 2.58. The molecule has 8 nitrogen and oxygen atoms in total. The van der Waals surface area contributed by atoms with Gasteiger partial charge >= 0.3 is 5.92 Å². The zero-order valence-corrected chi connectivity index (χ0v) is 23.9. The molecule has 1 spiro atoms. The largest absolute Gasteiger partial charge is 0.383 e. The molecule has 3 heterocycles. The quantitative estimate of drug-likeness (QED) is 0.540. The van der Waals surface area contributed by atoms with Crippen LogP contribution < -0.4 is 5.32 Å². The van der Waals surface area contributed by atoms with Gasteiger partial charge in [0.05, 0.1) is 17.0 Å². The number of imidazole rings is 1. The molecule has 2 aliphatic heterocycles. The van der Waals surface area contributed by atoms with Crippen molar-refractivity contribution >= 4 is 29.1 Å². The molecule has 2 unspecified atom stereocenters. The Labute approximate surface area is 241 Å². The lowest BCUT2D eigenvalue weighted by Gasteiger charge is -2.53. The molecule has 222 valence electrons. The summed E-state index contributed by atoms with van der Waals surface area (Å²) in [7, 11) is 3.72. The van der Waals surface area contributed by atoms with E-state index >= 15 is 8.78 Å². The van der Waals surface area contributed by atoms with Crippen LogP contribution in [0.4, 0.5) is 18.9 Å². The first-order chi connectivity index (χ1) is 19.3. The third-order valence-corrected chi connectivity index (χ3v) is 10.3. The van der Waals surface area contributed by atoms with E-state index in [9.17, 15) is 19.1 Å². The molecular weight excluding hydrogens is 559 g/mol. The van der Waals surface area contributed by atoms with Gasteiger partial charge in [-0.15, -0.1) is 0 Å². The number of nitrogens with one attached hydrogen (secondary N) is 1. The van der Waals surface area contributed by atoms with Crippen LogP contribution in [0.1, 0.15) is 60.6 Å². The number of carbonyl (C=O) groups is 2. The molecule has 2 saturated carbocycles. The Hall–Kier alpha value is -2.63. The number of halogens is 4. The van der Waals surface area contributed by atoms with Crippen molar-refractivity contribution in [3.63, 3.8) is 0 Å². The van der Waals surface area contributed by atoms with E-state index in [1.165, 1.54) is 23.4 Å². The molecule has 2 N–H and O–H groups in total. The smallest absolute Gasteiger partial charge is 0.352 e. The number of hydrogen-bond acceptors (Lipinski definition) is 5. The maximum absolute atomic E-state index is 15.7. The maximum Gasteiger partial charge on any atom is 0.352 e. The van der Waals surface area contributed by atoms with Gasteiger partial charge in [-0.1, -0.05) is 11.6 Å². The van der Waals surface area contributed by atoms with E-state index in [0.29, 0.717) is 55.8 Å². The SMILES string of the molecule is CN1CC2(CCN(C(=O)C(F)(F)C3(O)CC4CC(c5ncn(C)c5C(=O)Nc5ccc(F)c(Cl)c5)CC4C3)CC2)C1. The van der Waals surface area contributed by atoms with Gasteiger partial charge in [-0.2, -0.15) is 8.78 Å². The van der Waals surface area contributed by atoms with Gasteiger partial charge in [0.2, 0.25) is 0 Å². The number of benzene rings is 1. The van der Waals surface area contributed by atoms with Crippen molar-refractivity contribution in [3.8, 4) is 0 Å². The number of aromatic nitrogens is 2. The van der Waals surface area contributed by atoms with Crippen LogP contribution in [0, 0.1) is 23.1 Å². The number of likely N-dealkylation sites (tertiary alicyclic amines) is 2. The van der Waals surface area contributed by atoms with Gasteiger partial charge in [0.25, 0.3) is 11.8 Å². The normalized spacial score (nSPS) is 29.4. The minimum Gasteiger partial charge on any atom is -0.383 e. The Balaban J connectivity index is 1.11. The van der Waals surface area contributed by atoms with E-state index in [2.05, 4.69) is 15.2 Å². The predicted molar refractivity (Wildman–Crippen MR) is 146 cm³/mol. The molecule has 1 aromatic heterocycles. The van der Waals surface area contributed by atoms with Crippen molar-refractivity contribution < 1.29 is 27.9 Å². The summed E-state index contributed by atoms with van der Waals surface area (Å²) in [5.41, 5.74) is -1.04. The summed E-state index contributed by atoms with van der Waals surface area (Å²) in [4.78, 5) is 34.1. The number of alkyl halides is 2. The molecule has 2 aromatic rings. The summed E-state index contributed by atoms with van der Waals surface area (Å²) in [6, 6.07) is 3.89. The van der Waals surface area contributed by atoms with Crippen LogP contribution in [0.2, 0.25) is 5.02 Å². The second-order valence-corrected chi connectivity index (χ2v) is 13.2. The van der Waals surface area contributed by atoms with Crippen LogP contribution in [0.5, 0.6) is 0 Å². The molecule has 41 heavy (non-hydrogen) atoms. The number of aryl methyl sites for hydroxylation is 1. The van der Waals surface area contributed by atoms with Gasteiger partial charge in [-0.05, 0) is 81.0 Å². The van der Waals surface area contributed by atoms with E-state index in [1.54, 1.807) is 11.6 Å². The first kappa shape index (κ1) is 28.5. The number of fused-ring (bicyclic) bond motifs is 1. The molecule has 12 heteroatoms. The summed E-state index contributed by atoms with van der Waals surface area (Å²) in [5.74, 6) is -6.74. The lowest BCUT2D eigenvalue weighted by atomic mass is 9.72. The third kappa shape index (κ3) is 4.83. The molecule has 2 atom stereocenters. The molecule has 2 aliphatic carbocycles. The van der Waals surface area contributed by atoms with Gasteiger partial charge in [-0.3, -0.25) is 9.59 Å². The summed E-state index contributed by atoms with van der Waals surface area (Å²) >= 11 is 5.84. The molecule has 2 saturated heterocycles. The zero-order chi connectivity index (χ0) is 29.3. The third-order valence-electron chi connectivity index (χ3n) is 9.96. The minimum absolute atomic E-state index is 0.116. The highest BCUT2D eigenvalue weighted by molar-refractivity contribution is 6.31. The Bertz CT molecular complexity index is 1350. The Kier molecular flexibility index (Phi) is 6.94. The van der Waals surface area contributed by atoms with E-state index < -0.39 is 29.2 Å². The number of rotatable bonds is 5. The number of anilines is 1. The Morgan fingerprint density at radius 1 is 1.12 bits per heavy atom. The van der Waals surface area contributed by atoms with Crippen molar-refractivity contribution in [2.24, 2.45) is 24.3 Å². The molecule has 2 amide bonds. The first-order valence-electron chi connectivity index (χ1n) is 14.2. The number of piperidine rings is 1. The minimum atomic E-state index is -3.86. The fraction of sp³-hybridized carbons (Fsp3) is 0.621. The van der Waals surface area contributed by atoms with Crippen LogP contribution in [0.3, 0.4) is 0 Å². The molecule has 1 aromatic carbocycles. The molecule has 4 fully saturated rings. The summed E-state index contributed by atoms with van der Waals surface area (Å²) < 4.78 is 46.4. The first-order valence-corrected chi connectivity index (χ1v) is 14.5. The molecule has 0 radical (unpaired) electrons. The van der Waals surface area contributed by atoms with E-state index in [0.717, 1.165) is 19.2 Å². The van der Waals surface area contributed by atoms with Crippen molar-refractivity contribution in [1.29, 1.82) is 0 Å². The standard InChI is InChI=1S/C29H35ClF3N5O3/c1-36-14-27(15-36)5-7-38(8-6-27)26(40)29(32,33)28(41)12-18-9-17(10-19(18)13-28)23-24(37(2)16-34-23)25(39)35-20-3-4-22(31)21(30)11-20/h3-4,11,16-19,41H,5-10,12-15H2,1-2H3,(H,35,39). The monoisotopic (exact) mass is 593 g/mol. The van der Waals surface area contributed by atoms with Crippen molar-refractivity contribution in [2.45, 2.75) is 56.0 Å². The molecule has 6 rings (SSSR count). The number of amides is 2. The van der Waals surface area contributed by atoms with E-state index in [1.807, 2.05) is 7.05 Å². The second-order valence-electron chi connectivity index (χ2n) is 12.8. The molecule has 0 bridgehead atoms. The fourth-order valence-electron chi connectivity index (χ4n) is 7.93. The average Bonchev–Trinajstić information content (AvgIpc) is 3.56. The summed E-state index contributed by atoms with van der Waals surface area (Å²) in [5, 5.41) is 13.8. The number of aliphatic hydroxyl groups is 1.